The number of amides is 1. The highest BCUT2D eigenvalue weighted by Crippen LogP contribution is 2.37. The Kier molecular flexibility index (Phi) is 5.74. The highest BCUT2D eigenvalue weighted by molar-refractivity contribution is 5.81. The Labute approximate surface area is 165 Å². The lowest BCUT2D eigenvalue weighted by Gasteiger charge is -2.43. The molecule has 0 aliphatic carbocycles. The van der Waals surface area contributed by atoms with Crippen LogP contribution >= 0.6 is 0 Å². The van der Waals surface area contributed by atoms with Crippen LogP contribution in [0, 0.1) is 18.3 Å². The van der Waals surface area contributed by atoms with Crippen molar-refractivity contribution in [1.82, 2.24) is 14.3 Å². The summed E-state index contributed by atoms with van der Waals surface area (Å²) in [7, 11) is 0. The van der Waals surface area contributed by atoms with Gasteiger partial charge in [-0.2, -0.15) is 0 Å². The summed E-state index contributed by atoms with van der Waals surface area (Å²) in [5.41, 5.74) is 1.32. The Bertz CT molecular complexity index is 876. The van der Waals surface area contributed by atoms with Crippen LogP contribution in [0.4, 0.5) is 0 Å². The van der Waals surface area contributed by atoms with Gasteiger partial charge >= 0.3 is 5.97 Å². The molecule has 3 rings (SSSR count). The number of carboxylic acids is 1. The van der Waals surface area contributed by atoms with Gasteiger partial charge in [0.05, 0.1) is 18.2 Å². The first-order valence-electron chi connectivity index (χ1n) is 9.85. The van der Waals surface area contributed by atoms with Crippen molar-refractivity contribution in [1.29, 1.82) is 0 Å². The molecule has 3 heterocycles. The van der Waals surface area contributed by atoms with Crippen molar-refractivity contribution in [2.75, 3.05) is 13.1 Å². The van der Waals surface area contributed by atoms with Crippen molar-refractivity contribution >= 4 is 17.5 Å². The average molecular weight is 387 g/mol. The second-order valence-corrected chi connectivity index (χ2v) is 8.32. The highest BCUT2D eigenvalue weighted by atomic mass is 16.4. The number of fused-ring (bicyclic) bond motifs is 1. The fourth-order valence-corrected chi connectivity index (χ4v) is 4.00. The molecule has 1 saturated heterocycles. The monoisotopic (exact) mass is 387 g/mol. The number of aryl methyl sites for hydroxylation is 1. The molecule has 28 heavy (non-hydrogen) atoms. The van der Waals surface area contributed by atoms with Gasteiger partial charge in [-0.3, -0.25) is 9.59 Å². The lowest BCUT2D eigenvalue weighted by Crippen LogP contribution is -2.57. The summed E-state index contributed by atoms with van der Waals surface area (Å²) in [6.45, 7) is 6.44. The predicted molar refractivity (Wildman–Crippen MR) is 105 cm³/mol. The largest absolute Gasteiger partial charge is 0.481 e. The quantitative estimate of drug-likeness (QED) is 0.793. The van der Waals surface area contributed by atoms with Crippen LogP contribution in [0.2, 0.25) is 0 Å². The third kappa shape index (κ3) is 3.76. The number of aromatic nitrogens is 2. The lowest BCUT2D eigenvalue weighted by molar-refractivity contribution is -0.167. The van der Waals surface area contributed by atoms with Crippen LogP contribution in [0.5, 0.6) is 0 Å². The number of aliphatic hydroxyl groups is 1. The first-order valence-corrected chi connectivity index (χ1v) is 9.85. The third-order valence-corrected chi connectivity index (χ3v) is 5.87. The van der Waals surface area contributed by atoms with E-state index in [0.29, 0.717) is 25.3 Å². The molecule has 2 aromatic heterocycles. The van der Waals surface area contributed by atoms with E-state index in [1.54, 1.807) is 11.1 Å². The number of aliphatic carboxylic acids is 1. The van der Waals surface area contributed by atoms with E-state index in [2.05, 4.69) is 4.98 Å². The summed E-state index contributed by atoms with van der Waals surface area (Å²) >= 11 is 0. The molecule has 152 valence electrons. The molecule has 0 spiro atoms. The first kappa shape index (κ1) is 20.3. The number of likely N-dealkylation sites (tertiary alicyclic amines) is 1. The van der Waals surface area contributed by atoms with E-state index in [1.165, 1.54) is 0 Å². The first-order chi connectivity index (χ1) is 13.2. The molecule has 0 bridgehead atoms. The van der Waals surface area contributed by atoms with Gasteiger partial charge < -0.3 is 19.5 Å². The molecular formula is C21H29N3O4. The molecule has 1 aliphatic heterocycles. The number of aliphatic hydroxyl groups excluding tert-OH is 1. The van der Waals surface area contributed by atoms with Crippen LogP contribution < -0.4 is 0 Å². The minimum absolute atomic E-state index is 0.0464. The van der Waals surface area contributed by atoms with Gasteiger partial charge in [0.2, 0.25) is 5.91 Å². The van der Waals surface area contributed by atoms with Gasteiger partial charge in [0.15, 0.2) is 0 Å². The number of carboxylic acid groups (broad SMARTS) is 1. The standard InChI is InChI=1S/C21H29N3O4/c1-14(2)6-8-21(20(27)28)13-23(10-7-17(21)25)18(26)11-16-12-22-19-15(3)5-4-9-24(16)19/h4-5,9,12,14,17,25H,6-8,10-11,13H2,1-3H3,(H,27,28)/t17-,21+/m0/s1. The van der Waals surface area contributed by atoms with E-state index in [4.69, 9.17) is 0 Å². The molecule has 1 fully saturated rings. The Hall–Kier alpha value is -2.41. The molecule has 0 unspecified atom stereocenters. The SMILES string of the molecule is Cc1cccn2c(CC(=O)N3CC[C@H](O)[C@](CCC(C)C)(C(=O)O)C3)cnc12. The maximum Gasteiger partial charge on any atom is 0.314 e. The number of hydrogen-bond acceptors (Lipinski definition) is 4. The number of pyridine rings is 1. The molecule has 0 aromatic carbocycles. The predicted octanol–water partition coefficient (Wildman–Crippen LogP) is 2.29. The van der Waals surface area contributed by atoms with Gasteiger partial charge in [-0.1, -0.05) is 19.9 Å². The number of rotatable bonds is 6. The van der Waals surface area contributed by atoms with Gasteiger partial charge in [-0.25, -0.2) is 4.98 Å². The van der Waals surface area contributed by atoms with Crippen molar-refractivity contribution in [3.05, 3.63) is 35.8 Å². The van der Waals surface area contributed by atoms with Crippen molar-refractivity contribution in [3.8, 4) is 0 Å². The van der Waals surface area contributed by atoms with Gasteiger partial charge in [0, 0.05) is 25.5 Å². The van der Waals surface area contributed by atoms with E-state index in [0.717, 1.165) is 16.9 Å². The average Bonchev–Trinajstić information content (AvgIpc) is 3.05. The lowest BCUT2D eigenvalue weighted by atomic mass is 9.72. The molecule has 1 aliphatic rings. The molecule has 7 heteroatoms. The summed E-state index contributed by atoms with van der Waals surface area (Å²) in [4.78, 5) is 31.0. The zero-order valence-corrected chi connectivity index (χ0v) is 16.8. The smallest absolute Gasteiger partial charge is 0.314 e. The normalized spacial score (nSPS) is 22.8. The van der Waals surface area contributed by atoms with Gasteiger partial charge in [-0.15, -0.1) is 0 Å². The molecule has 1 amide bonds. The van der Waals surface area contributed by atoms with E-state index < -0.39 is 17.5 Å². The summed E-state index contributed by atoms with van der Waals surface area (Å²) < 4.78 is 1.90. The second kappa shape index (κ2) is 7.91. The summed E-state index contributed by atoms with van der Waals surface area (Å²) in [5, 5.41) is 20.4. The van der Waals surface area contributed by atoms with Gasteiger partial charge in [-0.05, 0) is 43.7 Å². The van der Waals surface area contributed by atoms with Crippen LogP contribution in [0.1, 0.15) is 44.4 Å². The number of piperidine rings is 1. The summed E-state index contributed by atoms with van der Waals surface area (Å²) in [6, 6.07) is 3.88. The Morgan fingerprint density at radius 2 is 2.14 bits per heavy atom. The number of carbonyl (C=O) groups excluding carboxylic acids is 1. The number of nitrogens with zero attached hydrogens (tertiary/aromatic N) is 3. The maximum atomic E-state index is 13.0. The summed E-state index contributed by atoms with van der Waals surface area (Å²) in [5.74, 6) is -0.829. The Morgan fingerprint density at radius 3 is 2.82 bits per heavy atom. The molecule has 2 aromatic rings. The van der Waals surface area contributed by atoms with E-state index in [9.17, 15) is 19.8 Å². The minimum atomic E-state index is -1.30. The van der Waals surface area contributed by atoms with E-state index >= 15 is 0 Å². The number of hydrogen-bond donors (Lipinski definition) is 2. The van der Waals surface area contributed by atoms with Crippen molar-refractivity contribution in [2.45, 2.75) is 52.6 Å². The van der Waals surface area contributed by atoms with E-state index in [1.807, 2.05) is 43.5 Å². The number of imidazole rings is 1. The van der Waals surface area contributed by atoms with E-state index in [-0.39, 0.29) is 25.3 Å². The molecular weight excluding hydrogens is 358 g/mol. The van der Waals surface area contributed by atoms with Crippen molar-refractivity contribution < 1.29 is 19.8 Å². The van der Waals surface area contributed by atoms with Crippen molar-refractivity contribution in [3.63, 3.8) is 0 Å². The topological polar surface area (TPSA) is 95.1 Å². The fraction of sp³-hybridized carbons (Fsp3) is 0.571. The zero-order valence-electron chi connectivity index (χ0n) is 16.8. The molecule has 7 nitrogen and oxygen atoms in total. The minimum Gasteiger partial charge on any atom is -0.481 e. The van der Waals surface area contributed by atoms with Crippen LogP contribution in [0.15, 0.2) is 24.5 Å². The molecule has 0 saturated carbocycles. The number of carbonyl (C=O) groups is 2. The van der Waals surface area contributed by atoms with Gasteiger partial charge in [0.25, 0.3) is 0 Å². The Morgan fingerprint density at radius 1 is 1.39 bits per heavy atom. The summed E-state index contributed by atoms with van der Waals surface area (Å²) in [6.07, 6.45) is 4.12. The molecule has 2 atom stereocenters. The van der Waals surface area contributed by atoms with Crippen molar-refractivity contribution in [2.24, 2.45) is 11.3 Å². The van der Waals surface area contributed by atoms with Gasteiger partial charge in [0.1, 0.15) is 11.1 Å². The Balaban J connectivity index is 1.79. The highest BCUT2D eigenvalue weighted by Gasteiger charge is 2.49. The van der Waals surface area contributed by atoms with Crippen LogP contribution in [0.3, 0.4) is 0 Å². The molecule has 0 radical (unpaired) electrons. The second-order valence-electron chi connectivity index (χ2n) is 8.32. The fourth-order valence-electron chi connectivity index (χ4n) is 4.00. The van der Waals surface area contributed by atoms with Crippen LogP contribution in [-0.2, 0) is 16.0 Å². The third-order valence-electron chi connectivity index (χ3n) is 5.87. The maximum absolute atomic E-state index is 13.0. The zero-order chi connectivity index (χ0) is 20.5. The molecule has 2 N–H and O–H groups in total. The van der Waals surface area contributed by atoms with Crippen LogP contribution in [-0.4, -0.2) is 55.6 Å². The van der Waals surface area contributed by atoms with Crippen LogP contribution in [0.25, 0.3) is 5.65 Å².